The van der Waals surface area contributed by atoms with Crippen molar-refractivity contribution in [3.8, 4) is 0 Å². The molecule has 0 saturated carbocycles. The summed E-state index contributed by atoms with van der Waals surface area (Å²) in [6.45, 7) is 11.7. The van der Waals surface area contributed by atoms with Crippen LogP contribution in [0.5, 0.6) is 0 Å². The summed E-state index contributed by atoms with van der Waals surface area (Å²) in [4.78, 5) is 16.1. The minimum Gasteiger partial charge on any atom is -0.353 e. The van der Waals surface area contributed by atoms with Crippen molar-refractivity contribution in [3.63, 3.8) is 0 Å². The van der Waals surface area contributed by atoms with E-state index in [4.69, 9.17) is 0 Å². The maximum atomic E-state index is 11.5. The molecule has 5 nitrogen and oxygen atoms in total. The summed E-state index contributed by atoms with van der Waals surface area (Å²) in [5.74, 6) is 0.0859. The Hall–Kier alpha value is -0.650. The summed E-state index contributed by atoms with van der Waals surface area (Å²) in [7, 11) is 4.25. The SMILES string of the molecule is CCC(C)NC(=O)CNCCN(C)CCN(C)CC. The molecule has 0 aliphatic rings. The van der Waals surface area contributed by atoms with E-state index in [9.17, 15) is 4.79 Å². The zero-order valence-electron chi connectivity index (χ0n) is 13.3. The van der Waals surface area contributed by atoms with Gasteiger partial charge in [0.25, 0.3) is 0 Å². The number of carbonyl (C=O) groups is 1. The normalized spacial score (nSPS) is 13.0. The molecule has 114 valence electrons. The van der Waals surface area contributed by atoms with Crippen LogP contribution in [-0.2, 0) is 4.79 Å². The number of rotatable bonds is 11. The average Bonchev–Trinajstić information content (AvgIpc) is 2.40. The van der Waals surface area contributed by atoms with Gasteiger partial charge >= 0.3 is 0 Å². The molecule has 19 heavy (non-hydrogen) atoms. The summed E-state index contributed by atoms with van der Waals surface area (Å²) in [6.07, 6.45) is 0.972. The average molecular weight is 272 g/mol. The second kappa shape index (κ2) is 11.2. The van der Waals surface area contributed by atoms with Gasteiger partial charge in [0, 0.05) is 32.2 Å². The molecule has 0 heterocycles. The molecule has 0 fully saturated rings. The third-order valence-corrected chi connectivity index (χ3v) is 3.38. The van der Waals surface area contributed by atoms with E-state index in [0.717, 1.165) is 39.1 Å². The first-order chi connectivity index (χ1) is 8.99. The van der Waals surface area contributed by atoms with Crippen molar-refractivity contribution in [2.24, 2.45) is 0 Å². The van der Waals surface area contributed by atoms with Gasteiger partial charge in [0.15, 0.2) is 0 Å². The predicted octanol–water partition coefficient (Wildman–Crippen LogP) is 0.374. The minimum atomic E-state index is 0.0859. The Balaban J connectivity index is 3.50. The van der Waals surface area contributed by atoms with Gasteiger partial charge in [-0.25, -0.2) is 0 Å². The van der Waals surface area contributed by atoms with Crippen LogP contribution in [0.15, 0.2) is 0 Å². The molecule has 2 N–H and O–H groups in total. The van der Waals surface area contributed by atoms with Crippen molar-refractivity contribution in [2.75, 3.05) is 53.4 Å². The summed E-state index contributed by atoms with van der Waals surface area (Å²) >= 11 is 0. The van der Waals surface area contributed by atoms with E-state index in [2.05, 4.69) is 48.4 Å². The van der Waals surface area contributed by atoms with Crippen LogP contribution in [0.2, 0.25) is 0 Å². The molecule has 0 bridgehead atoms. The fourth-order valence-corrected chi connectivity index (χ4v) is 1.51. The number of amides is 1. The fourth-order valence-electron chi connectivity index (χ4n) is 1.51. The molecule has 0 saturated heterocycles. The Morgan fingerprint density at radius 1 is 1.11 bits per heavy atom. The highest BCUT2D eigenvalue weighted by molar-refractivity contribution is 5.78. The van der Waals surface area contributed by atoms with Crippen LogP contribution < -0.4 is 10.6 Å². The van der Waals surface area contributed by atoms with Gasteiger partial charge in [0.2, 0.25) is 5.91 Å². The maximum absolute atomic E-state index is 11.5. The number of nitrogens with one attached hydrogen (secondary N) is 2. The van der Waals surface area contributed by atoms with E-state index >= 15 is 0 Å². The lowest BCUT2D eigenvalue weighted by molar-refractivity contribution is -0.120. The summed E-state index contributed by atoms with van der Waals surface area (Å²) < 4.78 is 0. The van der Waals surface area contributed by atoms with Crippen LogP contribution in [0.3, 0.4) is 0 Å². The monoisotopic (exact) mass is 272 g/mol. The fraction of sp³-hybridized carbons (Fsp3) is 0.929. The standard InChI is InChI=1S/C14H32N4O/c1-6-13(3)16-14(19)12-15-8-9-18(5)11-10-17(4)7-2/h13,15H,6-12H2,1-5H3,(H,16,19). The first kappa shape index (κ1) is 18.4. The highest BCUT2D eigenvalue weighted by atomic mass is 16.1. The summed E-state index contributed by atoms with van der Waals surface area (Å²) in [5, 5.41) is 6.12. The topological polar surface area (TPSA) is 47.6 Å². The Morgan fingerprint density at radius 3 is 2.32 bits per heavy atom. The minimum absolute atomic E-state index is 0.0859. The molecule has 1 amide bonds. The Labute approximate surface area is 118 Å². The quantitative estimate of drug-likeness (QED) is 0.534. The van der Waals surface area contributed by atoms with Crippen molar-refractivity contribution in [1.29, 1.82) is 0 Å². The molecule has 0 spiro atoms. The second-order valence-electron chi connectivity index (χ2n) is 5.25. The lowest BCUT2D eigenvalue weighted by Crippen LogP contribution is -2.41. The third kappa shape index (κ3) is 10.9. The van der Waals surface area contributed by atoms with Crippen LogP contribution in [0.4, 0.5) is 0 Å². The molecule has 0 aliphatic heterocycles. The van der Waals surface area contributed by atoms with Gasteiger partial charge < -0.3 is 20.4 Å². The molecule has 5 heteroatoms. The number of hydrogen-bond acceptors (Lipinski definition) is 4. The molecule has 0 aliphatic carbocycles. The first-order valence-corrected chi connectivity index (χ1v) is 7.36. The van der Waals surface area contributed by atoms with Crippen LogP contribution in [-0.4, -0.2) is 75.1 Å². The van der Waals surface area contributed by atoms with E-state index in [1.807, 2.05) is 6.92 Å². The molecule has 0 rings (SSSR count). The molecular formula is C14H32N4O. The molecular weight excluding hydrogens is 240 g/mol. The summed E-state index contributed by atoms with van der Waals surface area (Å²) in [6, 6.07) is 0.265. The summed E-state index contributed by atoms with van der Waals surface area (Å²) in [5.41, 5.74) is 0. The van der Waals surface area contributed by atoms with E-state index in [1.54, 1.807) is 0 Å². The molecule has 0 aromatic heterocycles. The van der Waals surface area contributed by atoms with Crippen LogP contribution in [0.25, 0.3) is 0 Å². The van der Waals surface area contributed by atoms with Gasteiger partial charge in [-0.3, -0.25) is 4.79 Å². The van der Waals surface area contributed by atoms with Gasteiger partial charge in [-0.1, -0.05) is 13.8 Å². The van der Waals surface area contributed by atoms with E-state index in [-0.39, 0.29) is 11.9 Å². The molecule has 1 unspecified atom stereocenters. The first-order valence-electron chi connectivity index (χ1n) is 7.36. The second-order valence-corrected chi connectivity index (χ2v) is 5.25. The third-order valence-electron chi connectivity index (χ3n) is 3.38. The van der Waals surface area contributed by atoms with Gasteiger partial charge in [-0.2, -0.15) is 0 Å². The molecule has 1 atom stereocenters. The van der Waals surface area contributed by atoms with Gasteiger partial charge in [-0.15, -0.1) is 0 Å². The van der Waals surface area contributed by atoms with E-state index in [1.165, 1.54) is 0 Å². The van der Waals surface area contributed by atoms with Crippen molar-refractivity contribution < 1.29 is 4.79 Å². The number of carbonyl (C=O) groups excluding carboxylic acids is 1. The van der Waals surface area contributed by atoms with Crippen molar-refractivity contribution in [2.45, 2.75) is 33.2 Å². The van der Waals surface area contributed by atoms with Crippen molar-refractivity contribution >= 4 is 5.91 Å². The number of hydrogen-bond donors (Lipinski definition) is 2. The van der Waals surface area contributed by atoms with E-state index < -0.39 is 0 Å². The van der Waals surface area contributed by atoms with Gasteiger partial charge in [0.1, 0.15) is 0 Å². The van der Waals surface area contributed by atoms with Gasteiger partial charge in [0.05, 0.1) is 6.54 Å². The highest BCUT2D eigenvalue weighted by Gasteiger charge is 2.05. The lowest BCUT2D eigenvalue weighted by atomic mass is 10.2. The van der Waals surface area contributed by atoms with Crippen molar-refractivity contribution in [1.82, 2.24) is 20.4 Å². The van der Waals surface area contributed by atoms with Crippen LogP contribution in [0, 0.1) is 0 Å². The van der Waals surface area contributed by atoms with Crippen molar-refractivity contribution in [3.05, 3.63) is 0 Å². The zero-order valence-corrected chi connectivity index (χ0v) is 13.3. The smallest absolute Gasteiger partial charge is 0.234 e. The van der Waals surface area contributed by atoms with Gasteiger partial charge in [-0.05, 0) is 34.0 Å². The Kier molecular flexibility index (Phi) is 10.8. The maximum Gasteiger partial charge on any atom is 0.234 e. The Bertz CT molecular complexity index is 235. The Morgan fingerprint density at radius 2 is 1.74 bits per heavy atom. The number of likely N-dealkylation sites (N-methyl/N-ethyl adjacent to an activating group) is 2. The molecule has 0 radical (unpaired) electrons. The zero-order chi connectivity index (χ0) is 14.7. The number of nitrogens with zero attached hydrogens (tertiary/aromatic N) is 2. The predicted molar refractivity (Wildman–Crippen MR) is 81.4 cm³/mol. The molecule has 0 aromatic rings. The largest absolute Gasteiger partial charge is 0.353 e. The van der Waals surface area contributed by atoms with E-state index in [0.29, 0.717) is 6.54 Å². The lowest BCUT2D eigenvalue weighted by Gasteiger charge is -2.21. The van der Waals surface area contributed by atoms with Crippen LogP contribution in [0.1, 0.15) is 27.2 Å². The highest BCUT2D eigenvalue weighted by Crippen LogP contribution is 1.87. The van der Waals surface area contributed by atoms with Crippen LogP contribution >= 0.6 is 0 Å². The molecule has 0 aromatic carbocycles.